The average Bonchev–Trinajstić information content (AvgIpc) is 2.56. The summed E-state index contributed by atoms with van der Waals surface area (Å²) in [6, 6.07) is 20.0. The number of rotatable bonds is 3. The summed E-state index contributed by atoms with van der Waals surface area (Å²) in [5, 5.41) is 0. The minimum Gasteiger partial charge on any atom is -0.296 e. The molecule has 0 atom stereocenters. The zero-order chi connectivity index (χ0) is 15.5. The van der Waals surface area contributed by atoms with Gasteiger partial charge in [0.05, 0.1) is 5.69 Å². The number of hydrogen-bond acceptors (Lipinski definition) is 2. The van der Waals surface area contributed by atoms with Crippen LogP contribution in [0.25, 0.3) is 22.4 Å². The molecule has 0 aliphatic heterocycles. The third-order valence-corrected chi connectivity index (χ3v) is 3.64. The molecule has 3 rings (SSSR count). The summed E-state index contributed by atoms with van der Waals surface area (Å²) in [6.07, 6.45) is 1.91. The van der Waals surface area contributed by atoms with Crippen LogP contribution < -0.4 is 5.69 Å². The minimum atomic E-state index is -0.214. The van der Waals surface area contributed by atoms with Gasteiger partial charge in [-0.25, -0.2) is 4.79 Å². The lowest BCUT2D eigenvalue weighted by Gasteiger charge is -2.15. The summed E-state index contributed by atoms with van der Waals surface area (Å²) in [4.78, 5) is 16.6. The summed E-state index contributed by atoms with van der Waals surface area (Å²) < 4.78 is 1.68. The second kappa shape index (κ2) is 5.98. The van der Waals surface area contributed by atoms with Crippen LogP contribution in [0.5, 0.6) is 0 Å². The zero-order valence-electron chi connectivity index (χ0n) is 12.7. The Kier molecular flexibility index (Phi) is 3.88. The van der Waals surface area contributed by atoms with Gasteiger partial charge in [0, 0.05) is 23.4 Å². The molecule has 0 radical (unpaired) electrons. The zero-order valence-corrected chi connectivity index (χ0v) is 12.7. The first-order valence-electron chi connectivity index (χ1n) is 7.41. The molecule has 0 saturated heterocycles. The molecule has 110 valence electrons. The minimum absolute atomic E-state index is 0.0762. The predicted molar refractivity (Wildman–Crippen MR) is 89.8 cm³/mol. The molecule has 0 spiro atoms. The van der Waals surface area contributed by atoms with Gasteiger partial charge >= 0.3 is 5.69 Å². The van der Waals surface area contributed by atoms with Crippen LogP contribution >= 0.6 is 0 Å². The van der Waals surface area contributed by atoms with Crippen LogP contribution in [-0.4, -0.2) is 9.55 Å². The van der Waals surface area contributed by atoms with Crippen LogP contribution in [0.2, 0.25) is 0 Å². The van der Waals surface area contributed by atoms with Crippen LogP contribution in [0.4, 0.5) is 0 Å². The third kappa shape index (κ3) is 2.70. The second-order valence-electron chi connectivity index (χ2n) is 5.52. The van der Waals surface area contributed by atoms with Crippen molar-refractivity contribution in [1.29, 1.82) is 0 Å². The van der Waals surface area contributed by atoms with E-state index in [9.17, 15) is 4.79 Å². The van der Waals surface area contributed by atoms with Crippen LogP contribution in [0.3, 0.4) is 0 Å². The van der Waals surface area contributed by atoms with Crippen molar-refractivity contribution in [2.45, 2.75) is 19.9 Å². The Labute approximate surface area is 129 Å². The molecule has 2 aromatic carbocycles. The quantitative estimate of drug-likeness (QED) is 0.726. The van der Waals surface area contributed by atoms with Gasteiger partial charge in [-0.15, -0.1) is 0 Å². The molecular formula is C19H18N2O. The Bertz CT molecular complexity index is 821. The van der Waals surface area contributed by atoms with E-state index in [2.05, 4.69) is 4.98 Å². The van der Waals surface area contributed by atoms with Gasteiger partial charge in [-0.3, -0.25) is 4.57 Å². The Morgan fingerprint density at radius 3 is 1.95 bits per heavy atom. The Morgan fingerprint density at radius 1 is 0.864 bits per heavy atom. The Balaban J connectivity index is 2.29. The fraction of sp³-hybridized carbons (Fsp3) is 0.158. The summed E-state index contributed by atoms with van der Waals surface area (Å²) in [5.74, 6) is 0. The topological polar surface area (TPSA) is 34.9 Å². The molecule has 0 saturated carbocycles. The fourth-order valence-corrected chi connectivity index (χ4v) is 2.48. The number of hydrogen-bond donors (Lipinski definition) is 0. The highest BCUT2D eigenvalue weighted by molar-refractivity contribution is 5.79. The van der Waals surface area contributed by atoms with Gasteiger partial charge < -0.3 is 0 Å². The first-order chi connectivity index (χ1) is 10.7. The lowest BCUT2D eigenvalue weighted by molar-refractivity contribution is 0.565. The highest BCUT2D eigenvalue weighted by atomic mass is 16.1. The largest absolute Gasteiger partial charge is 0.348 e. The summed E-state index contributed by atoms with van der Waals surface area (Å²) in [5.41, 5.74) is 3.50. The van der Waals surface area contributed by atoms with Crippen molar-refractivity contribution < 1.29 is 0 Å². The van der Waals surface area contributed by atoms with E-state index in [1.165, 1.54) is 0 Å². The fourth-order valence-electron chi connectivity index (χ4n) is 2.48. The first kappa shape index (κ1) is 14.3. The van der Waals surface area contributed by atoms with Crippen LogP contribution in [0.1, 0.15) is 19.9 Å². The van der Waals surface area contributed by atoms with Crippen LogP contribution in [-0.2, 0) is 0 Å². The van der Waals surface area contributed by atoms with Crippen LogP contribution in [0, 0.1) is 0 Å². The summed E-state index contributed by atoms with van der Waals surface area (Å²) >= 11 is 0. The van der Waals surface area contributed by atoms with Crippen molar-refractivity contribution in [3.8, 4) is 22.4 Å². The molecule has 0 amide bonds. The van der Waals surface area contributed by atoms with Gasteiger partial charge in [0.1, 0.15) is 0 Å². The van der Waals surface area contributed by atoms with Gasteiger partial charge in [0.15, 0.2) is 0 Å². The molecule has 0 aliphatic rings. The van der Waals surface area contributed by atoms with Gasteiger partial charge in [-0.1, -0.05) is 60.7 Å². The monoisotopic (exact) mass is 290 g/mol. The molecule has 0 unspecified atom stereocenters. The van der Waals surface area contributed by atoms with E-state index in [0.717, 1.165) is 22.4 Å². The van der Waals surface area contributed by atoms with E-state index in [0.29, 0.717) is 0 Å². The molecule has 0 bridgehead atoms. The second-order valence-corrected chi connectivity index (χ2v) is 5.52. The van der Waals surface area contributed by atoms with E-state index in [1.807, 2.05) is 80.7 Å². The normalized spacial score (nSPS) is 10.9. The number of aromatic nitrogens is 2. The molecule has 0 fully saturated rings. The standard InChI is InChI=1S/C19H18N2O/c1-14(2)21-13-17(15-9-5-3-6-10-15)18(20-19(21)22)16-11-7-4-8-12-16/h3-14H,1-2H3. The molecule has 0 N–H and O–H groups in total. The van der Waals surface area contributed by atoms with Crippen molar-refractivity contribution in [2.75, 3.05) is 0 Å². The van der Waals surface area contributed by atoms with Gasteiger partial charge in [0.25, 0.3) is 0 Å². The highest BCUT2D eigenvalue weighted by Crippen LogP contribution is 2.29. The van der Waals surface area contributed by atoms with Crippen molar-refractivity contribution in [3.63, 3.8) is 0 Å². The maximum absolute atomic E-state index is 12.3. The van der Waals surface area contributed by atoms with E-state index in [-0.39, 0.29) is 11.7 Å². The van der Waals surface area contributed by atoms with E-state index in [1.54, 1.807) is 4.57 Å². The van der Waals surface area contributed by atoms with E-state index in [4.69, 9.17) is 0 Å². The van der Waals surface area contributed by atoms with E-state index < -0.39 is 0 Å². The number of nitrogens with zero attached hydrogens (tertiary/aromatic N) is 2. The summed E-state index contributed by atoms with van der Waals surface area (Å²) in [7, 11) is 0. The number of benzene rings is 2. The lowest BCUT2D eigenvalue weighted by atomic mass is 10.0. The molecule has 1 heterocycles. The Hall–Kier alpha value is -2.68. The molecule has 1 aromatic heterocycles. The van der Waals surface area contributed by atoms with Gasteiger partial charge in [-0.05, 0) is 19.4 Å². The van der Waals surface area contributed by atoms with Crippen molar-refractivity contribution in [2.24, 2.45) is 0 Å². The van der Waals surface area contributed by atoms with Crippen LogP contribution in [0.15, 0.2) is 71.7 Å². The average molecular weight is 290 g/mol. The maximum Gasteiger partial charge on any atom is 0.348 e. The maximum atomic E-state index is 12.3. The van der Waals surface area contributed by atoms with Gasteiger partial charge in [0.2, 0.25) is 0 Å². The smallest absolute Gasteiger partial charge is 0.296 e. The molecule has 0 aliphatic carbocycles. The summed E-state index contributed by atoms with van der Waals surface area (Å²) in [6.45, 7) is 3.97. The van der Waals surface area contributed by atoms with E-state index >= 15 is 0 Å². The highest BCUT2D eigenvalue weighted by Gasteiger charge is 2.13. The first-order valence-corrected chi connectivity index (χ1v) is 7.41. The molecular weight excluding hydrogens is 272 g/mol. The van der Waals surface area contributed by atoms with Crippen molar-refractivity contribution >= 4 is 0 Å². The third-order valence-electron chi connectivity index (χ3n) is 3.64. The molecule has 3 aromatic rings. The molecule has 22 heavy (non-hydrogen) atoms. The molecule has 3 heteroatoms. The SMILES string of the molecule is CC(C)n1cc(-c2ccccc2)c(-c2ccccc2)nc1=O. The van der Waals surface area contributed by atoms with Crippen molar-refractivity contribution in [1.82, 2.24) is 9.55 Å². The predicted octanol–water partition coefficient (Wildman–Crippen LogP) is 4.16. The van der Waals surface area contributed by atoms with Gasteiger partial charge in [-0.2, -0.15) is 4.98 Å². The Morgan fingerprint density at radius 2 is 1.41 bits per heavy atom. The molecule has 3 nitrogen and oxygen atoms in total. The van der Waals surface area contributed by atoms with Crippen molar-refractivity contribution in [3.05, 3.63) is 77.3 Å². The lowest BCUT2D eigenvalue weighted by Crippen LogP contribution is -2.25.